The van der Waals surface area contributed by atoms with Crippen molar-refractivity contribution in [3.8, 4) is 0 Å². The lowest BCUT2D eigenvalue weighted by molar-refractivity contribution is -0.119. The Labute approximate surface area is 195 Å². The van der Waals surface area contributed by atoms with Gasteiger partial charge in [0.05, 0.1) is 16.9 Å². The van der Waals surface area contributed by atoms with E-state index in [2.05, 4.69) is 5.32 Å². The number of aryl methyl sites for hydroxylation is 3. The van der Waals surface area contributed by atoms with Crippen molar-refractivity contribution in [2.75, 3.05) is 26.0 Å². The van der Waals surface area contributed by atoms with E-state index >= 15 is 0 Å². The number of nitrogens with zero attached hydrogens (tertiary/aromatic N) is 2. The Hall–Kier alpha value is -2.31. The molecule has 1 unspecified atom stereocenters. The Kier molecular flexibility index (Phi) is 7.30. The Morgan fingerprint density at radius 2 is 1.64 bits per heavy atom. The standard InChI is InChI=1S/C22H29N3O6S2/c1-15-13-16(2)21(17(3)14-15)33(29,30)25-12-6-7-20(25)22(26)23-18-8-10-19(11-9-18)32(27,28)24(4)31-5/h8-11,13-14,20H,6-7,12H2,1-5H3,(H,23,26). The van der Waals surface area contributed by atoms with E-state index in [0.29, 0.717) is 29.7 Å². The number of hydroxylamine groups is 1. The van der Waals surface area contributed by atoms with E-state index in [9.17, 15) is 21.6 Å². The van der Waals surface area contributed by atoms with Crippen LogP contribution in [-0.2, 0) is 29.7 Å². The molecule has 1 saturated heterocycles. The molecule has 0 bridgehead atoms. The molecule has 0 aliphatic carbocycles. The molecule has 1 N–H and O–H groups in total. The highest BCUT2D eigenvalue weighted by molar-refractivity contribution is 7.89. The molecule has 0 spiro atoms. The topological polar surface area (TPSA) is 113 Å². The van der Waals surface area contributed by atoms with Crippen molar-refractivity contribution in [1.82, 2.24) is 8.77 Å². The highest BCUT2D eigenvalue weighted by atomic mass is 32.2. The summed E-state index contributed by atoms with van der Waals surface area (Å²) >= 11 is 0. The monoisotopic (exact) mass is 495 g/mol. The van der Waals surface area contributed by atoms with E-state index in [0.717, 1.165) is 10.0 Å². The minimum absolute atomic E-state index is 0.000223. The first kappa shape index (κ1) is 25.3. The summed E-state index contributed by atoms with van der Waals surface area (Å²) in [6, 6.07) is 8.40. The van der Waals surface area contributed by atoms with Gasteiger partial charge in [0.1, 0.15) is 6.04 Å². The number of carbonyl (C=O) groups is 1. The molecule has 1 aliphatic heterocycles. The zero-order chi connectivity index (χ0) is 24.6. The van der Waals surface area contributed by atoms with Gasteiger partial charge in [-0.1, -0.05) is 22.2 Å². The molecule has 1 atom stereocenters. The molecular weight excluding hydrogens is 466 g/mol. The molecular formula is C22H29N3O6S2. The third kappa shape index (κ3) is 4.97. The summed E-state index contributed by atoms with van der Waals surface area (Å²) in [6.07, 6.45) is 0.974. The number of nitrogens with one attached hydrogen (secondary N) is 1. The van der Waals surface area contributed by atoms with Crippen LogP contribution in [0.25, 0.3) is 0 Å². The molecule has 2 aromatic carbocycles. The van der Waals surface area contributed by atoms with Gasteiger partial charge in [0, 0.05) is 19.3 Å². The van der Waals surface area contributed by atoms with Gasteiger partial charge in [0.15, 0.2) is 0 Å². The van der Waals surface area contributed by atoms with Gasteiger partial charge in [-0.15, -0.1) is 0 Å². The zero-order valence-electron chi connectivity index (χ0n) is 19.3. The van der Waals surface area contributed by atoms with Crippen LogP contribution in [0.3, 0.4) is 0 Å². The van der Waals surface area contributed by atoms with Crippen LogP contribution in [0.15, 0.2) is 46.2 Å². The lowest BCUT2D eigenvalue weighted by Crippen LogP contribution is -2.43. The van der Waals surface area contributed by atoms with Gasteiger partial charge in [-0.2, -0.15) is 4.31 Å². The fraction of sp³-hybridized carbons (Fsp3) is 0.409. The van der Waals surface area contributed by atoms with Crippen LogP contribution in [0.2, 0.25) is 0 Å². The van der Waals surface area contributed by atoms with Crippen LogP contribution < -0.4 is 5.32 Å². The van der Waals surface area contributed by atoms with Crippen molar-refractivity contribution in [1.29, 1.82) is 0 Å². The molecule has 3 rings (SSSR count). The van der Waals surface area contributed by atoms with Crippen LogP contribution in [0.1, 0.15) is 29.5 Å². The normalized spacial score (nSPS) is 17.5. The zero-order valence-corrected chi connectivity index (χ0v) is 21.0. The molecule has 1 heterocycles. The molecule has 11 heteroatoms. The number of carbonyl (C=O) groups excluding carboxylic acids is 1. The van der Waals surface area contributed by atoms with Gasteiger partial charge >= 0.3 is 0 Å². The van der Waals surface area contributed by atoms with Gasteiger partial charge in [0.25, 0.3) is 10.0 Å². The Morgan fingerprint density at radius 1 is 1.06 bits per heavy atom. The summed E-state index contributed by atoms with van der Waals surface area (Å²) in [4.78, 5) is 18.0. The number of benzene rings is 2. The summed E-state index contributed by atoms with van der Waals surface area (Å²) in [5.74, 6) is -0.455. The summed E-state index contributed by atoms with van der Waals surface area (Å²) in [5.41, 5.74) is 2.64. The van der Waals surface area contributed by atoms with Gasteiger partial charge < -0.3 is 5.32 Å². The molecule has 33 heavy (non-hydrogen) atoms. The van der Waals surface area contributed by atoms with Gasteiger partial charge in [-0.3, -0.25) is 9.63 Å². The van der Waals surface area contributed by atoms with Crippen LogP contribution in [0, 0.1) is 20.8 Å². The number of amides is 1. The maximum atomic E-state index is 13.5. The predicted octanol–water partition coefficient (Wildman–Crippen LogP) is 2.59. The van der Waals surface area contributed by atoms with Crippen molar-refractivity contribution in [2.24, 2.45) is 0 Å². The second-order valence-corrected chi connectivity index (χ2v) is 11.9. The van der Waals surface area contributed by atoms with Crippen molar-refractivity contribution >= 4 is 31.6 Å². The summed E-state index contributed by atoms with van der Waals surface area (Å²) < 4.78 is 53.5. The number of hydrogen-bond acceptors (Lipinski definition) is 6. The van der Waals surface area contributed by atoms with Crippen molar-refractivity contribution in [2.45, 2.75) is 49.4 Å². The molecule has 1 amide bonds. The maximum absolute atomic E-state index is 13.5. The number of anilines is 1. The third-order valence-electron chi connectivity index (χ3n) is 5.69. The Balaban J connectivity index is 1.82. The van der Waals surface area contributed by atoms with E-state index < -0.39 is 32.0 Å². The smallest absolute Gasteiger partial charge is 0.264 e. The largest absolute Gasteiger partial charge is 0.325 e. The van der Waals surface area contributed by atoms with Gasteiger partial charge in [-0.25, -0.2) is 16.8 Å². The van der Waals surface area contributed by atoms with E-state index in [1.54, 1.807) is 13.8 Å². The van der Waals surface area contributed by atoms with Gasteiger partial charge in [-0.05, 0) is 69.0 Å². The summed E-state index contributed by atoms with van der Waals surface area (Å²) in [6.45, 7) is 5.68. The summed E-state index contributed by atoms with van der Waals surface area (Å²) in [5, 5.41) is 2.71. The molecule has 0 radical (unpaired) electrons. The third-order valence-corrected chi connectivity index (χ3v) is 9.60. The lowest BCUT2D eigenvalue weighted by atomic mass is 10.1. The first-order chi connectivity index (χ1) is 15.4. The predicted molar refractivity (Wildman–Crippen MR) is 125 cm³/mol. The maximum Gasteiger partial charge on any atom is 0.264 e. The number of hydrogen-bond donors (Lipinski definition) is 1. The SMILES string of the molecule is CON(C)S(=O)(=O)c1ccc(NC(=O)C2CCCN2S(=O)(=O)c2c(C)cc(C)cc2C)cc1. The average molecular weight is 496 g/mol. The lowest BCUT2D eigenvalue weighted by Gasteiger charge is -2.25. The molecule has 0 saturated carbocycles. The second-order valence-electron chi connectivity index (χ2n) is 8.11. The van der Waals surface area contributed by atoms with Crippen molar-refractivity contribution < 1.29 is 26.5 Å². The van der Waals surface area contributed by atoms with Crippen LogP contribution >= 0.6 is 0 Å². The average Bonchev–Trinajstić information content (AvgIpc) is 3.23. The van der Waals surface area contributed by atoms with Gasteiger partial charge in [0.2, 0.25) is 15.9 Å². The van der Waals surface area contributed by atoms with Crippen LogP contribution in [-0.4, -0.2) is 58.3 Å². The Morgan fingerprint density at radius 3 is 2.18 bits per heavy atom. The molecule has 1 fully saturated rings. The Bertz CT molecular complexity index is 1230. The summed E-state index contributed by atoms with van der Waals surface area (Å²) in [7, 11) is -5.16. The van der Waals surface area contributed by atoms with E-state index in [4.69, 9.17) is 4.84 Å². The van der Waals surface area contributed by atoms with E-state index in [-0.39, 0.29) is 16.3 Å². The van der Waals surface area contributed by atoms with Crippen molar-refractivity contribution in [3.63, 3.8) is 0 Å². The molecule has 180 valence electrons. The first-order valence-corrected chi connectivity index (χ1v) is 13.3. The highest BCUT2D eigenvalue weighted by Gasteiger charge is 2.40. The number of rotatable bonds is 7. The van der Waals surface area contributed by atoms with E-state index in [1.165, 1.54) is 42.7 Å². The van der Waals surface area contributed by atoms with Crippen molar-refractivity contribution in [3.05, 3.63) is 53.1 Å². The molecule has 1 aliphatic rings. The van der Waals surface area contributed by atoms with E-state index in [1.807, 2.05) is 19.1 Å². The van der Waals surface area contributed by atoms with Crippen LogP contribution in [0.4, 0.5) is 5.69 Å². The number of sulfonamides is 2. The first-order valence-electron chi connectivity index (χ1n) is 10.4. The second kappa shape index (κ2) is 9.51. The quantitative estimate of drug-likeness (QED) is 0.591. The fourth-order valence-electron chi connectivity index (χ4n) is 4.16. The molecule has 0 aromatic heterocycles. The fourth-order valence-corrected chi connectivity index (χ4v) is 7.21. The minimum atomic E-state index is -3.87. The minimum Gasteiger partial charge on any atom is -0.325 e. The van der Waals surface area contributed by atoms with Crippen LogP contribution in [0.5, 0.6) is 0 Å². The molecule has 2 aromatic rings. The molecule has 9 nitrogen and oxygen atoms in total. The highest BCUT2D eigenvalue weighted by Crippen LogP contribution is 2.31.